The van der Waals surface area contributed by atoms with Crippen LogP contribution in [0.25, 0.3) is 0 Å². The summed E-state index contributed by atoms with van der Waals surface area (Å²) in [4.78, 5) is 10.6. The fourth-order valence-corrected chi connectivity index (χ4v) is 1.65. The van der Waals surface area contributed by atoms with Crippen LogP contribution < -0.4 is 5.32 Å². The van der Waals surface area contributed by atoms with Crippen LogP contribution in [0, 0.1) is 0 Å². The maximum atomic E-state index is 10.6. The normalized spacial score (nSPS) is 11.0. The van der Waals surface area contributed by atoms with Gasteiger partial charge in [0.2, 0.25) is 5.91 Å². The van der Waals surface area contributed by atoms with Crippen molar-refractivity contribution in [3.05, 3.63) is 0 Å². The van der Waals surface area contributed by atoms with Crippen molar-refractivity contribution >= 4 is 5.91 Å². The highest BCUT2D eigenvalue weighted by atomic mass is 16.6. The van der Waals surface area contributed by atoms with Crippen LogP contribution >= 0.6 is 0 Å². The summed E-state index contributed by atoms with van der Waals surface area (Å²) in [5.74, 6) is -0.0505. The van der Waals surface area contributed by atoms with E-state index < -0.39 is 0 Å². The monoisotopic (exact) mass is 365 g/mol. The topological polar surface area (TPSA) is 84.5 Å². The third-order valence-electron chi connectivity index (χ3n) is 2.83. The molecule has 0 aliphatic carbocycles. The van der Waals surface area contributed by atoms with Gasteiger partial charge in [0.15, 0.2) is 0 Å². The van der Waals surface area contributed by atoms with E-state index in [4.69, 9.17) is 28.4 Å². The van der Waals surface area contributed by atoms with Gasteiger partial charge in [0, 0.05) is 20.1 Å². The second-order valence-electron chi connectivity index (χ2n) is 5.16. The molecule has 1 amide bonds. The number of hydrogen-bond donors (Lipinski definition) is 1. The van der Waals surface area contributed by atoms with Crippen molar-refractivity contribution in [3.63, 3.8) is 0 Å². The lowest BCUT2D eigenvalue weighted by atomic mass is 10.5. The van der Waals surface area contributed by atoms with Gasteiger partial charge in [-0.15, -0.1) is 0 Å². The first-order valence-electron chi connectivity index (χ1n) is 8.98. The van der Waals surface area contributed by atoms with Gasteiger partial charge in [0.05, 0.1) is 72.7 Å². The van der Waals surface area contributed by atoms with Crippen molar-refractivity contribution in [3.8, 4) is 0 Å². The van der Waals surface area contributed by atoms with Crippen LogP contribution in [0.1, 0.15) is 20.3 Å². The third kappa shape index (κ3) is 23.2. The SMILES string of the molecule is CCCOCCOCCOCCOCCOCCOCCNC(C)=O. The molecule has 0 saturated carbocycles. The number of ether oxygens (including phenoxy) is 6. The van der Waals surface area contributed by atoms with Gasteiger partial charge < -0.3 is 33.7 Å². The van der Waals surface area contributed by atoms with E-state index in [-0.39, 0.29) is 5.91 Å². The number of carbonyl (C=O) groups excluding carboxylic acids is 1. The Balaban J connectivity index is 2.97. The first-order chi connectivity index (χ1) is 12.3. The van der Waals surface area contributed by atoms with Gasteiger partial charge in [0.1, 0.15) is 0 Å². The number of nitrogens with one attached hydrogen (secondary N) is 1. The molecule has 0 bridgehead atoms. The summed E-state index contributed by atoms with van der Waals surface area (Å²) in [5, 5.41) is 2.65. The highest BCUT2D eigenvalue weighted by Crippen LogP contribution is 1.85. The molecule has 0 fully saturated rings. The summed E-state index contributed by atoms with van der Waals surface area (Å²) in [7, 11) is 0. The Kier molecular flexibility index (Phi) is 20.6. The second kappa shape index (κ2) is 21.3. The van der Waals surface area contributed by atoms with E-state index in [9.17, 15) is 4.79 Å². The van der Waals surface area contributed by atoms with Crippen molar-refractivity contribution in [2.45, 2.75) is 20.3 Å². The fraction of sp³-hybridized carbons (Fsp3) is 0.941. The molecule has 1 N–H and O–H groups in total. The Morgan fingerprint density at radius 2 is 0.920 bits per heavy atom. The molecule has 0 spiro atoms. The maximum absolute atomic E-state index is 10.6. The Hall–Kier alpha value is -0.770. The molecule has 0 aliphatic heterocycles. The molecule has 0 aromatic carbocycles. The lowest BCUT2D eigenvalue weighted by Gasteiger charge is -2.08. The van der Waals surface area contributed by atoms with E-state index in [0.717, 1.165) is 13.0 Å². The maximum Gasteiger partial charge on any atom is 0.216 e. The van der Waals surface area contributed by atoms with Crippen LogP contribution in [-0.4, -0.2) is 91.7 Å². The minimum atomic E-state index is -0.0505. The molecular formula is C17H35NO7. The van der Waals surface area contributed by atoms with E-state index in [2.05, 4.69) is 12.2 Å². The van der Waals surface area contributed by atoms with Crippen LogP contribution in [0.2, 0.25) is 0 Å². The predicted molar refractivity (Wildman–Crippen MR) is 93.9 cm³/mol. The number of hydrogen-bond acceptors (Lipinski definition) is 7. The van der Waals surface area contributed by atoms with E-state index in [1.807, 2.05) is 0 Å². The first kappa shape index (κ1) is 24.2. The fourth-order valence-electron chi connectivity index (χ4n) is 1.65. The largest absolute Gasteiger partial charge is 0.379 e. The van der Waals surface area contributed by atoms with Crippen molar-refractivity contribution in [2.75, 3.05) is 85.8 Å². The Morgan fingerprint density at radius 3 is 1.24 bits per heavy atom. The van der Waals surface area contributed by atoms with Crippen LogP contribution in [0.15, 0.2) is 0 Å². The standard InChI is InChI=1S/C17H35NO7/c1-3-5-20-7-9-22-11-13-24-15-16-25-14-12-23-10-8-21-6-4-18-17(2)19/h3-16H2,1-2H3,(H,18,19). The molecule has 0 aliphatic rings. The molecule has 0 atom stereocenters. The Bertz CT molecular complexity index is 280. The third-order valence-corrected chi connectivity index (χ3v) is 2.83. The van der Waals surface area contributed by atoms with E-state index in [1.165, 1.54) is 6.92 Å². The van der Waals surface area contributed by atoms with Gasteiger partial charge in [-0.25, -0.2) is 0 Å². The van der Waals surface area contributed by atoms with Gasteiger partial charge >= 0.3 is 0 Å². The summed E-state index contributed by atoms with van der Waals surface area (Å²) in [5.41, 5.74) is 0. The van der Waals surface area contributed by atoms with E-state index in [0.29, 0.717) is 79.2 Å². The van der Waals surface area contributed by atoms with Crippen molar-refractivity contribution in [1.29, 1.82) is 0 Å². The molecule has 8 nitrogen and oxygen atoms in total. The molecule has 0 heterocycles. The van der Waals surface area contributed by atoms with Crippen molar-refractivity contribution < 1.29 is 33.2 Å². The molecule has 25 heavy (non-hydrogen) atoms. The van der Waals surface area contributed by atoms with Crippen LogP contribution in [0.5, 0.6) is 0 Å². The zero-order valence-corrected chi connectivity index (χ0v) is 15.8. The molecule has 0 rings (SSSR count). The smallest absolute Gasteiger partial charge is 0.216 e. The summed E-state index contributed by atoms with van der Waals surface area (Å²) in [6.45, 7) is 10.9. The lowest BCUT2D eigenvalue weighted by Crippen LogP contribution is -2.25. The van der Waals surface area contributed by atoms with Gasteiger partial charge in [-0.3, -0.25) is 4.79 Å². The molecule has 150 valence electrons. The zero-order valence-electron chi connectivity index (χ0n) is 15.8. The molecule has 0 aromatic rings. The molecule has 0 radical (unpaired) electrons. The Labute approximate surface area is 151 Å². The summed E-state index contributed by atoms with van der Waals surface area (Å²) >= 11 is 0. The number of carbonyl (C=O) groups is 1. The van der Waals surface area contributed by atoms with Crippen LogP contribution in [0.4, 0.5) is 0 Å². The zero-order chi connectivity index (χ0) is 18.4. The van der Waals surface area contributed by atoms with Crippen LogP contribution in [0.3, 0.4) is 0 Å². The molecular weight excluding hydrogens is 330 g/mol. The summed E-state index contributed by atoms with van der Waals surface area (Å²) in [6, 6.07) is 0. The van der Waals surface area contributed by atoms with E-state index >= 15 is 0 Å². The number of rotatable bonds is 20. The Morgan fingerprint density at radius 1 is 0.600 bits per heavy atom. The predicted octanol–water partition coefficient (Wildman–Crippen LogP) is 0.632. The van der Waals surface area contributed by atoms with Crippen molar-refractivity contribution in [2.24, 2.45) is 0 Å². The minimum absolute atomic E-state index is 0.0505. The minimum Gasteiger partial charge on any atom is -0.379 e. The highest BCUT2D eigenvalue weighted by molar-refractivity contribution is 5.72. The number of amides is 1. The average molecular weight is 365 g/mol. The first-order valence-corrected chi connectivity index (χ1v) is 8.98. The van der Waals surface area contributed by atoms with Gasteiger partial charge in [-0.2, -0.15) is 0 Å². The highest BCUT2D eigenvalue weighted by Gasteiger charge is 1.94. The summed E-state index contributed by atoms with van der Waals surface area (Å²) < 4.78 is 32.0. The average Bonchev–Trinajstić information content (AvgIpc) is 2.60. The second-order valence-corrected chi connectivity index (χ2v) is 5.16. The van der Waals surface area contributed by atoms with Gasteiger partial charge in [0.25, 0.3) is 0 Å². The van der Waals surface area contributed by atoms with Gasteiger partial charge in [-0.05, 0) is 6.42 Å². The quantitative estimate of drug-likeness (QED) is 0.317. The van der Waals surface area contributed by atoms with Crippen LogP contribution in [-0.2, 0) is 33.2 Å². The molecule has 0 unspecified atom stereocenters. The van der Waals surface area contributed by atoms with E-state index in [1.54, 1.807) is 0 Å². The van der Waals surface area contributed by atoms with Crippen molar-refractivity contribution in [1.82, 2.24) is 5.32 Å². The summed E-state index contributed by atoms with van der Waals surface area (Å²) in [6.07, 6.45) is 1.03. The molecule has 8 heteroatoms. The lowest BCUT2D eigenvalue weighted by molar-refractivity contribution is -0.119. The van der Waals surface area contributed by atoms with Gasteiger partial charge in [-0.1, -0.05) is 6.92 Å². The molecule has 0 aromatic heterocycles. The molecule has 0 saturated heterocycles.